The second kappa shape index (κ2) is 8.91. The minimum absolute atomic E-state index is 0.0493. The number of hydrogen-bond donors (Lipinski definition) is 1. The second-order valence-corrected chi connectivity index (χ2v) is 10.3. The van der Waals surface area contributed by atoms with Crippen molar-refractivity contribution in [2.75, 3.05) is 19.4 Å². The van der Waals surface area contributed by atoms with Gasteiger partial charge in [0, 0.05) is 31.3 Å². The van der Waals surface area contributed by atoms with Crippen LogP contribution in [0.2, 0.25) is 0 Å². The van der Waals surface area contributed by atoms with Crippen molar-refractivity contribution in [2.24, 2.45) is 0 Å². The van der Waals surface area contributed by atoms with Gasteiger partial charge in [0.25, 0.3) is 5.91 Å². The van der Waals surface area contributed by atoms with E-state index in [9.17, 15) is 18.0 Å². The molecule has 2 aromatic carbocycles. The first kappa shape index (κ1) is 23.7. The summed E-state index contributed by atoms with van der Waals surface area (Å²) in [5, 5.41) is 2.65. The van der Waals surface area contributed by atoms with E-state index in [0.29, 0.717) is 17.0 Å². The minimum atomic E-state index is -3.66. The van der Waals surface area contributed by atoms with Gasteiger partial charge in [0.1, 0.15) is 17.4 Å². The maximum absolute atomic E-state index is 12.7. The molecule has 1 aliphatic rings. The fourth-order valence-electron chi connectivity index (χ4n) is 3.37. The third-order valence-electron chi connectivity index (χ3n) is 5.66. The predicted octanol–water partition coefficient (Wildman–Crippen LogP) is 3.31. The van der Waals surface area contributed by atoms with Crippen LogP contribution in [0.15, 0.2) is 41.3 Å². The zero-order valence-corrected chi connectivity index (χ0v) is 19.8. The molecule has 3 unspecified atom stereocenters. The number of fused-ring (bicyclic) bond motifs is 1. The van der Waals surface area contributed by atoms with Crippen LogP contribution in [0.4, 0.5) is 5.69 Å². The van der Waals surface area contributed by atoms with E-state index in [1.165, 1.54) is 33.2 Å². The Labute approximate surface area is 188 Å². The molecule has 1 amide bonds. The Balaban J connectivity index is 1.75. The molecule has 9 heteroatoms. The first-order chi connectivity index (χ1) is 14.9. The first-order valence-electron chi connectivity index (χ1n) is 10.3. The Morgan fingerprint density at radius 1 is 1.16 bits per heavy atom. The summed E-state index contributed by atoms with van der Waals surface area (Å²) in [5.74, 6) is -0.600. The number of anilines is 1. The van der Waals surface area contributed by atoms with Gasteiger partial charge in [0.05, 0.1) is 4.90 Å². The number of sulfonamides is 1. The normalized spacial score (nSPS) is 18.6. The molecule has 1 N–H and O–H groups in total. The van der Waals surface area contributed by atoms with Gasteiger partial charge >= 0.3 is 5.97 Å². The second-order valence-electron chi connectivity index (χ2n) is 8.14. The Kier molecular flexibility index (Phi) is 6.61. The van der Waals surface area contributed by atoms with Gasteiger partial charge in [-0.05, 0) is 44.5 Å². The van der Waals surface area contributed by atoms with Gasteiger partial charge < -0.3 is 14.8 Å². The maximum Gasteiger partial charge on any atom is 0.342 e. The lowest BCUT2D eigenvalue weighted by Gasteiger charge is -2.17. The summed E-state index contributed by atoms with van der Waals surface area (Å²) in [7, 11) is -0.797. The van der Waals surface area contributed by atoms with Crippen LogP contribution in [-0.2, 0) is 19.6 Å². The summed E-state index contributed by atoms with van der Waals surface area (Å²) in [6.45, 7) is 7.15. The zero-order chi connectivity index (χ0) is 23.8. The number of nitrogens with one attached hydrogen (secondary N) is 1. The molecule has 0 saturated carbocycles. The summed E-state index contributed by atoms with van der Waals surface area (Å²) >= 11 is 0. The summed E-state index contributed by atoms with van der Waals surface area (Å²) in [6, 6.07) is 9.75. The molecule has 1 aliphatic heterocycles. The molecule has 2 aromatic rings. The van der Waals surface area contributed by atoms with Crippen molar-refractivity contribution in [3.05, 3.63) is 53.1 Å². The fraction of sp³-hybridized carbons (Fsp3) is 0.391. The van der Waals surface area contributed by atoms with Gasteiger partial charge in [-0.3, -0.25) is 4.79 Å². The van der Waals surface area contributed by atoms with Gasteiger partial charge in [0.15, 0.2) is 6.10 Å². The van der Waals surface area contributed by atoms with E-state index >= 15 is 0 Å². The lowest BCUT2D eigenvalue weighted by molar-refractivity contribution is -0.123. The summed E-state index contributed by atoms with van der Waals surface area (Å²) < 4.78 is 37.1. The largest absolute Gasteiger partial charge is 0.489 e. The number of esters is 1. The number of aryl methyl sites for hydroxylation is 1. The number of hydrogen-bond acceptors (Lipinski definition) is 6. The molecule has 3 atom stereocenters. The highest BCUT2D eigenvalue weighted by Gasteiger charge is 2.32. The SMILES string of the molecule is Cc1ccc(S(=O)(=O)N(C)C)cc1NC(=O)C(C)OC(=O)c1cccc2c1OC(C)C2C. The van der Waals surface area contributed by atoms with E-state index in [4.69, 9.17) is 9.47 Å². The fourth-order valence-corrected chi connectivity index (χ4v) is 4.29. The van der Waals surface area contributed by atoms with Gasteiger partial charge in [0.2, 0.25) is 10.0 Å². The highest BCUT2D eigenvalue weighted by molar-refractivity contribution is 7.89. The predicted molar refractivity (Wildman–Crippen MR) is 121 cm³/mol. The van der Waals surface area contributed by atoms with Crippen LogP contribution in [0.3, 0.4) is 0 Å². The summed E-state index contributed by atoms with van der Waals surface area (Å²) in [6.07, 6.45) is -1.17. The molecule has 0 spiro atoms. The monoisotopic (exact) mass is 460 g/mol. The summed E-state index contributed by atoms with van der Waals surface area (Å²) in [5.41, 5.74) is 2.20. The Morgan fingerprint density at radius 2 is 1.84 bits per heavy atom. The third-order valence-corrected chi connectivity index (χ3v) is 7.47. The number of carbonyl (C=O) groups excluding carboxylic acids is 2. The molecular weight excluding hydrogens is 432 g/mol. The molecular formula is C23H28N2O6S. The number of nitrogens with zero attached hydrogens (tertiary/aromatic N) is 1. The molecule has 0 aliphatic carbocycles. The van der Waals surface area contributed by atoms with Gasteiger partial charge in [-0.1, -0.05) is 25.1 Å². The number of amides is 1. The van der Waals surface area contributed by atoms with E-state index in [0.717, 1.165) is 9.87 Å². The molecule has 172 valence electrons. The molecule has 8 nitrogen and oxygen atoms in total. The van der Waals surface area contributed by atoms with Crippen LogP contribution in [0.1, 0.15) is 48.2 Å². The highest BCUT2D eigenvalue weighted by atomic mass is 32.2. The van der Waals surface area contributed by atoms with E-state index in [-0.39, 0.29) is 22.5 Å². The highest BCUT2D eigenvalue weighted by Crippen LogP contribution is 2.40. The quantitative estimate of drug-likeness (QED) is 0.664. The number of rotatable bonds is 6. The van der Waals surface area contributed by atoms with Crippen molar-refractivity contribution in [1.29, 1.82) is 0 Å². The van der Waals surface area contributed by atoms with Crippen molar-refractivity contribution in [1.82, 2.24) is 4.31 Å². The van der Waals surface area contributed by atoms with Crippen LogP contribution in [0, 0.1) is 6.92 Å². The van der Waals surface area contributed by atoms with Gasteiger partial charge in [-0.15, -0.1) is 0 Å². The van der Waals surface area contributed by atoms with Crippen molar-refractivity contribution in [2.45, 2.75) is 50.7 Å². The lowest BCUT2D eigenvalue weighted by atomic mass is 9.97. The molecule has 3 rings (SSSR count). The topological polar surface area (TPSA) is 102 Å². The van der Waals surface area contributed by atoms with Gasteiger partial charge in [-0.25, -0.2) is 17.5 Å². The minimum Gasteiger partial charge on any atom is -0.489 e. The van der Waals surface area contributed by atoms with Crippen molar-refractivity contribution >= 4 is 27.6 Å². The lowest BCUT2D eigenvalue weighted by Crippen LogP contribution is -2.30. The van der Waals surface area contributed by atoms with E-state index in [1.807, 2.05) is 19.9 Å². The molecule has 0 aromatic heterocycles. The van der Waals surface area contributed by atoms with Crippen molar-refractivity contribution < 1.29 is 27.5 Å². The van der Waals surface area contributed by atoms with Crippen LogP contribution in [0.5, 0.6) is 5.75 Å². The van der Waals surface area contributed by atoms with Crippen LogP contribution in [-0.4, -0.2) is 50.9 Å². The van der Waals surface area contributed by atoms with E-state index < -0.39 is 28.0 Å². The average Bonchev–Trinajstić information content (AvgIpc) is 3.03. The number of ether oxygens (including phenoxy) is 2. The molecule has 1 heterocycles. The first-order valence-corrected chi connectivity index (χ1v) is 11.7. The average molecular weight is 461 g/mol. The number of carbonyl (C=O) groups is 2. The standard InChI is InChI=1S/C23H28N2O6S/c1-13-10-11-17(32(28,29)25(5)6)12-20(13)24-22(26)16(4)31-23(27)19-9-7-8-18-14(2)15(3)30-21(18)19/h7-12,14-16H,1-6H3,(H,24,26). The van der Waals surface area contributed by atoms with Crippen molar-refractivity contribution in [3.8, 4) is 5.75 Å². The molecule has 32 heavy (non-hydrogen) atoms. The van der Waals surface area contributed by atoms with Crippen molar-refractivity contribution in [3.63, 3.8) is 0 Å². The molecule has 0 saturated heterocycles. The number of benzene rings is 2. The molecule has 0 fully saturated rings. The maximum atomic E-state index is 12.7. The third kappa shape index (κ3) is 4.49. The molecule has 0 bridgehead atoms. The smallest absolute Gasteiger partial charge is 0.342 e. The Bertz CT molecular complexity index is 1160. The van der Waals surface area contributed by atoms with Gasteiger partial charge in [-0.2, -0.15) is 0 Å². The van der Waals surface area contributed by atoms with Crippen LogP contribution >= 0.6 is 0 Å². The van der Waals surface area contributed by atoms with Crippen LogP contribution in [0.25, 0.3) is 0 Å². The Morgan fingerprint density at radius 3 is 2.50 bits per heavy atom. The zero-order valence-electron chi connectivity index (χ0n) is 19.0. The van der Waals surface area contributed by atoms with Crippen LogP contribution < -0.4 is 10.1 Å². The molecule has 0 radical (unpaired) electrons. The number of para-hydroxylation sites is 1. The van der Waals surface area contributed by atoms with E-state index in [1.54, 1.807) is 25.1 Å². The van der Waals surface area contributed by atoms with E-state index in [2.05, 4.69) is 5.32 Å². The summed E-state index contributed by atoms with van der Waals surface area (Å²) in [4.78, 5) is 25.5. The Hall–Kier alpha value is -2.91.